The fraction of sp³-hybridized carbons (Fsp3) is 0.100. The van der Waals surface area contributed by atoms with Crippen molar-refractivity contribution < 1.29 is 4.74 Å². The molecular weight excluding hydrogens is 256 g/mol. The minimum atomic E-state index is 0.256. The number of halogens is 3. The van der Waals surface area contributed by atoms with Crippen molar-refractivity contribution >= 4 is 40.5 Å². The number of methoxy groups -OCH3 is 1. The molecule has 0 aliphatic carbocycles. The van der Waals surface area contributed by atoms with Crippen LogP contribution in [-0.4, -0.2) is 7.11 Å². The normalized spacial score (nSPS) is 11.0. The lowest BCUT2D eigenvalue weighted by Crippen LogP contribution is -1.84. The zero-order valence-corrected chi connectivity index (χ0v) is 9.99. The maximum absolute atomic E-state index is 6.97. The summed E-state index contributed by atoms with van der Waals surface area (Å²) in [5.41, 5.74) is 0.720. The Labute approximate surface area is 103 Å². The molecule has 0 aliphatic rings. The standard InChI is InChI=1S/C10H6Cl3NO/c1-14-9(5-15-2)7-3-6(11)4-8(12)10(7)13/h3-5H,2H3/b9-5+. The highest BCUT2D eigenvalue weighted by atomic mass is 35.5. The second kappa shape index (κ2) is 5.27. The van der Waals surface area contributed by atoms with Crippen molar-refractivity contribution in [2.45, 2.75) is 0 Å². The second-order valence-electron chi connectivity index (χ2n) is 2.60. The van der Waals surface area contributed by atoms with E-state index in [0.717, 1.165) is 0 Å². The van der Waals surface area contributed by atoms with Gasteiger partial charge in [-0.05, 0) is 12.1 Å². The largest absolute Gasteiger partial charge is 0.515 e. The molecule has 0 fully saturated rings. The second-order valence-corrected chi connectivity index (χ2v) is 3.82. The van der Waals surface area contributed by atoms with Gasteiger partial charge in [0.05, 0.1) is 30.0 Å². The molecule has 0 amide bonds. The fourth-order valence-corrected chi connectivity index (χ4v) is 1.70. The summed E-state index contributed by atoms with van der Waals surface area (Å²) in [6, 6.07) is 3.09. The number of hydrogen-bond acceptors (Lipinski definition) is 1. The van der Waals surface area contributed by atoms with Gasteiger partial charge in [-0.15, -0.1) is 0 Å². The lowest BCUT2D eigenvalue weighted by molar-refractivity contribution is 0.340. The average Bonchev–Trinajstić information content (AvgIpc) is 2.20. The highest BCUT2D eigenvalue weighted by molar-refractivity contribution is 6.44. The molecule has 0 saturated carbocycles. The van der Waals surface area contributed by atoms with Crippen LogP contribution in [0.3, 0.4) is 0 Å². The quantitative estimate of drug-likeness (QED) is 0.434. The number of hydrogen-bond donors (Lipinski definition) is 0. The van der Waals surface area contributed by atoms with E-state index in [2.05, 4.69) is 4.85 Å². The van der Waals surface area contributed by atoms with Gasteiger partial charge < -0.3 is 4.74 Å². The maximum Gasteiger partial charge on any atom is 0.229 e. The monoisotopic (exact) mass is 261 g/mol. The van der Waals surface area contributed by atoms with E-state index in [9.17, 15) is 0 Å². The van der Waals surface area contributed by atoms with Gasteiger partial charge in [-0.2, -0.15) is 0 Å². The van der Waals surface area contributed by atoms with E-state index in [1.807, 2.05) is 0 Å². The van der Waals surface area contributed by atoms with E-state index in [4.69, 9.17) is 46.1 Å². The van der Waals surface area contributed by atoms with Crippen LogP contribution in [0.2, 0.25) is 15.1 Å². The van der Waals surface area contributed by atoms with Crippen molar-refractivity contribution in [3.63, 3.8) is 0 Å². The molecule has 0 radical (unpaired) electrons. The van der Waals surface area contributed by atoms with Crippen LogP contribution in [0.5, 0.6) is 0 Å². The predicted octanol–water partition coefficient (Wildman–Crippen LogP) is 4.51. The van der Waals surface area contributed by atoms with Crippen LogP contribution in [0.15, 0.2) is 18.4 Å². The van der Waals surface area contributed by atoms with Crippen LogP contribution >= 0.6 is 34.8 Å². The van der Waals surface area contributed by atoms with Crippen molar-refractivity contribution in [1.82, 2.24) is 0 Å². The highest BCUT2D eigenvalue weighted by Gasteiger charge is 2.11. The smallest absolute Gasteiger partial charge is 0.229 e. The summed E-state index contributed by atoms with van der Waals surface area (Å²) in [6.07, 6.45) is 1.29. The predicted molar refractivity (Wildman–Crippen MR) is 63.1 cm³/mol. The summed E-state index contributed by atoms with van der Waals surface area (Å²) < 4.78 is 4.76. The third-order valence-electron chi connectivity index (χ3n) is 1.62. The number of rotatable bonds is 2. The molecule has 0 heterocycles. The molecule has 1 aromatic rings. The Hall–Kier alpha value is -0.880. The van der Waals surface area contributed by atoms with Gasteiger partial charge in [0, 0.05) is 10.6 Å². The van der Waals surface area contributed by atoms with Gasteiger partial charge in [0.1, 0.15) is 0 Å². The molecule has 0 bridgehead atoms. The number of ether oxygens (including phenoxy) is 1. The molecule has 0 saturated heterocycles. The van der Waals surface area contributed by atoms with Gasteiger partial charge in [0.15, 0.2) is 0 Å². The molecule has 1 aromatic carbocycles. The van der Waals surface area contributed by atoms with E-state index in [1.54, 1.807) is 6.07 Å². The molecule has 0 aromatic heterocycles. The van der Waals surface area contributed by atoms with Crippen LogP contribution in [0, 0.1) is 6.57 Å². The lowest BCUT2D eigenvalue weighted by atomic mass is 10.2. The summed E-state index contributed by atoms with van der Waals surface area (Å²) in [5.74, 6) is 0. The highest BCUT2D eigenvalue weighted by Crippen LogP contribution is 2.34. The first-order chi connectivity index (χ1) is 7.10. The molecule has 0 atom stereocenters. The third-order valence-corrected chi connectivity index (χ3v) is 2.64. The van der Waals surface area contributed by atoms with Gasteiger partial charge in [0.25, 0.3) is 0 Å². The van der Waals surface area contributed by atoms with Gasteiger partial charge >= 0.3 is 0 Å². The third kappa shape index (κ3) is 2.79. The van der Waals surface area contributed by atoms with Crippen molar-refractivity contribution in [1.29, 1.82) is 0 Å². The van der Waals surface area contributed by atoms with Crippen molar-refractivity contribution in [2.75, 3.05) is 7.11 Å². The summed E-state index contributed by atoms with van der Waals surface area (Å²) in [4.78, 5) is 3.28. The van der Waals surface area contributed by atoms with Gasteiger partial charge in [-0.1, -0.05) is 34.8 Å². The SMILES string of the molecule is [C-]#[N+]/C(=C/OC)c1cc(Cl)cc(Cl)c1Cl. The molecule has 0 N–H and O–H groups in total. The van der Waals surface area contributed by atoms with Gasteiger partial charge in [0.2, 0.25) is 5.70 Å². The Morgan fingerprint density at radius 3 is 2.60 bits per heavy atom. The van der Waals surface area contributed by atoms with Gasteiger partial charge in [-0.25, -0.2) is 4.85 Å². The molecule has 15 heavy (non-hydrogen) atoms. The topological polar surface area (TPSA) is 13.6 Å². The molecular formula is C10H6Cl3NO. The Balaban J connectivity index is 3.37. The van der Waals surface area contributed by atoms with E-state index < -0.39 is 0 Å². The molecule has 2 nitrogen and oxygen atoms in total. The molecule has 0 unspecified atom stereocenters. The summed E-state index contributed by atoms with van der Waals surface area (Å²) >= 11 is 17.6. The van der Waals surface area contributed by atoms with Crippen LogP contribution in [-0.2, 0) is 4.74 Å². The fourth-order valence-electron chi connectivity index (χ4n) is 1.00. The lowest BCUT2D eigenvalue weighted by Gasteiger charge is -2.05. The van der Waals surface area contributed by atoms with Crippen molar-refractivity contribution in [2.24, 2.45) is 0 Å². The van der Waals surface area contributed by atoms with Gasteiger partial charge in [-0.3, -0.25) is 0 Å². The summed E-state index contributed by atoms with van der Waals surface area (Å²) in [7, 11) is 1.45. The van der Waals surface area contributed by atoms with Crippen molar-refractivity contribution in [3.05, 3.63) is 50.4 Å². The average molecular weight is 263 g/mol. The Kier molecular flexibility index (Phi) is 4.28. The maximum atomic E-state index is 6.97. The molecule has 0 spiro atoms. The van der Waals surface area contributed by atoms with Crippen LogP contribution < -0.4 is 0 Å². The first kappa shape index (κ1) is 12.2. The zero-order chi connectivity index (χ0) is 11.4. The van der Waals surface area contributed by atoms with E-state index in [1.165, 1.54) is 19.4 Å². The molecule has 5 heteroatoms. The zero-order valence-electron chi connectivity index (χ0n) is 7.72. The van der Waals surface area contributed by atoms with E-state index in [0.29, 0.717) is 20.6 Å². The minimum absolute atomic E-state index is 0.256. The first-order valence-electron chi connectivity index (χ1n) is 3.85. The minimum Gasteiger partial charge on any atom is -0.515 e. The summed E-state index contributed by atoms with van der Waals surface area (Å²) in [5, 5.41) is 1.02. The van der Waals surface area contributed by atoms with Crippen molar-refractivity contribution in [3.8, 4) is 0 Å². The Bertz CT molecular complexity index is 449. The Morgan fingerprint density at radius 2 is 2.07 bits per heavy atom. The number of nitrogens with zero attached hydrogens (tertiary/aromatic N) is 1. The first-order valence-corrected chi connectivity index (χ1v) is 4.99. The molecule has 1 rings (SSSR count). The molecule has 0 aliphatic heterocycles. The van der Waals surface area contributed by atoms with E-state index in [-0.39, 0.29) is 5.70 Å². The van der Waals surface area contributed by atoms with E-state index >= 15 is 0 Å². The molecule has 78 valence electrons. The van der Waals surface area contributed by atoms with Crippen LogP contribution in [0.1, 0.15) is 5.56 Å². The van der Waals surface area contributed by atoms with Crippen LogP contribution in [0.4, 0.5) is 0 Å². The number of benzene rings is 1. The Morgan fingerprint density at radius 1 is 1.40 bits per heavy atom. The van der Waals surface area contributed by atoms with Crippen LogP contribution in [0.25, 0.3) is 10.5 Å². The summed E-state index contributed by atoms with van der Waals surface area (Å²) in [6.45, 7) is 6.97.